The first-order valence-corrected chi connectivity index (χ1v) is 7.50. The molecule has 8 heteroatoms. The number of rotatable bonds is 3. The maximum atomic E-state index is 12.4. The van der Waals surface area contributed by atoms with Crippen molar-refractivity contribution in [2.45, 2.75) is 6.92 Å². The highest BCUT2D eigenvalue weighted by molar-refractivity contribution is 7.13. The summed E-state index contributed by atoms with van der Waals surface area (Å²) in [4.78, 5) is 16.8. The van der Waals surface area contributed by atoms with Crippen molar-refractivity contribution >= 4 is 34.7 Å². The van der Waals surface area contributed by atoms with Crippen LogP contribution in [0.4, 0.5) is 0 Å². The van der Waals surface area contributed by atoms with E-state index in [9.17, 15) is 4.79 Å². The van der Waals surface area contributed by atoms with Crippen LogP contribution in [0.5, 0.6) is 0 Å². The van der Waals surface area contributed by atoms with Crippen LogP contribution in [0.25, 0.3) is 0 Å². The average molecular weight is 317 g/mol. The van der Waals surface area contributed by atoms with Crippen molar-refractivity contribution in [1.29, 1.82) is 0 Å². The van der Waals surface area contributed by atoms with E-state index in [0.29, 0.717) is 42.6 Å². The number of carbonyl (C=O) groups excluding carboxylic acids is 1. The van der Waals surface area contributed by atoms with Crippen LogP contribution < -0.4 is 5.73 Å². The maximum absolute atomic E-state index is 12.4. The molecule has 1 amide bonds. The van der Waals surface area contributed by atoms with Gasteiger partial charge in [0.25, 0.3) is 5.91 Å². The van der Waals surface area contributed by atoms with E-state index in [1.54, 1.807) is 4.90 Å². The van der Waals surface area contributed by atoms with Crippen LogP contribution in [-0.2, 0) is 0 Å². The summed E-state index contributed by atoms with van der Waals surface area (Å²) < 4.78 is 0. The molecule has 2 heterocycles. The van der Waals surface area contributed by atoms with Gasteiger partial charge >= 0.3 is 0 Å². The van der Waals surface area contributed by atoms with Crippen LogP contribution >= 0.6 is 22.9 Å². The van der Waals surface area contributed by atoms with E-state index in [1.807, 2.05) is 17.2 Å². The lowest BCUT2D eigenvalue weighted by Gasteiger charge is -2.34. The molecule has 0 spiro atoms. The van der Waals surface area contributed by atoms with Crippen molar-refractivity contribution in [2.75, 3.05) is 32.7 Å². The third kappa shape index (κ3) is 3.23. The molecule has 0 aliphatic carbocycles. The molecule has 6 nitrogen and oxygen atoms in total. The molecule has 110 valence electrons. The number of hydrogen-bond donors (Lipinski definition) is 2. The zero-order chi connectivity index (χ0) is 14.7. The average Bonchev–Trinajstić information content (AvgIpc) is 2.79. The third-order valence-corrected chi connectivity index (χ3v) is 4.95. The Labute approximate surface area is 126 Å². The monoisotopic (exact) mass is 316 g/mol. The standard InChI is InChI=1S/C12H17ClN4O2S/c1-8-7-20-11(10(8)13)12(18)17-4-2-16(3-5-17)6-9(14)15-19/h7,19H,2-6H2,1H3,(H2,14,15). The second-order valence-electron chi connectivity index (χ2n) is 4.72. The fraction of sp³-hybridized carbons (Fsp3) is 0.500. The van der Waals surface area contributed by atoms with Gasteiger partial charge in [-0.05, 0) is 17.9 Å². The number of hydrogen-bond acceptors (Lipinski definition) is 5. The summed E-state index contributed by atoms with van der Waals surface area (Å²) in [5.74, 6) is 0.165. The molecule has 0 bridgehead atoms. The van der Waals surface area contributed by atoms with Crippen LogP contribution in [0, 0.1) is 6.92 Å². The topological polar surface area (TPSA) is 82.2 Å². The Bertz CT molecular complexity index is 524. The van der Waals surface area contributed by atoms with Gasteiger partial charge in [-0.2, -0.15) is 0 Å². The Kier molecular flexibility index (Phi) is 4.85. The second-order valence-corrected chi connectivity index (χ2v) is 5.98. The van der Waals surface area contributed by atoms with E-state index in [0.717, 1.165) is 5.56 Å². The Morgan fingerprint density at radius 1 is 1.50 bits per heavy atom. The first-order chi connectivity index (χ1) is 9.52. The number of amidine groups is 1. The molecule has 3 N–H and O–H groups in total. The van der Waals surface area contributed by atoms with Gasteiger partial charge in [0.1, 0.15) is 4.88 Å². The zero-order valence-corrected chi connectivity index (χ0v) is 12.7. The highest BCUT2D eigenvalue weighted by Crippen LogP contribution is 2.28. The van der Waals surface area contributed by atoms with Crippen molar-refractivity contribution in [3.8, 4) is 0 Å². The number of nitrogens with zero attached hydrogens (tertiary/aromatic N) is 3. The number of aryl methyl sites for hydroxylation is 1. The number of halogens is 1. The van der Waals surface area contributed by atoms with Crippen molar-refractivity contribution in [2.24, 2.45) is 10.9 Å². The van der Waals surface area contributed by atoms with Crippen LogP contribution in [0.2, 0.25) is 5.02 Å². The van der Waals surface area contributed by atoms with E-state index >= 15 is 0 Å². The van der Waals surface area contributed by atoms with Crippen molar-refractivity contribution in [3.63, 3.8) is 0 Å². The molecular weight excluding hydrogens is 300 g/mol. The molecule has 0 aromatic carbocycles. The Hall–Kier alpha value is -1.31. The number of oxime groups is 1. The zero-order valence-electron chi connectivity index (χ0n) is 11.2. The Morgan fingerprint density at radius 2 is 2.15 bits per heavy atom. The number of carbonyl (C=O) groups is 1. The third-order valence-electron chi connectivity index (χ3n) is 3.27. The quantitative estimate of drug-likeness (QED) is 0.380. The van der Waals surface area contributed by atoms with Crippen molar-refractivity contribution < 1.29 is 10.0 Å². The highest BCUT2D eigenvalue weighted by Gasteiger charge is 2.25. The normalized spacial score (nSPS) is 17.5. The molecule has 0 saturated carbocycles. The van der Waals surface area contributed by atoms with Crippen LogP contribution in [0.1, 0.15) is 15.2 Å². The van der Waals surface area contributed by atoms with E-state index in [2.05, 4.69) is 5.16 Å². The number of piperazine rings is 1. The molecule has 0 radical (unpaired) electrons. The first kappa shape index (κ1) is 15.1. The predicted molar refractivity (Wildman–Crippen MR) is 79.8 cm³/mol. The number of nitrogens with two attached hydrogens (primary N) is 1. The highest BCUT2D eigenvalue weighted by atomic mass is 35.5. The van der Waals surface area contributed by atoms with Crippen LogP contribution in [0.3, 0.4) is 0 Å². The maximum Gasteiger partial charge on any atom is 0.265 e. The van der Waals surface area contributed by atoms with E-state index in [-0.39, 0.29) is 11.7 Å². The first-order valence-electron chi connectivity index (χ1n) is 6.24. The van der Waals surface area contributed by atoms with Crippen LogP contribution in [0.15, 0.2) is 10.5 Å². The minimum Gasteiger partial charge on any atom is -0.409 e. The lowest BCUT2D eigenvalue weighted by molar-refractivity contribution is 0.0658. The summed E-state index contributed by atoms with van der Waals surface area (Å²) in [5.41, 5.74) is 6.41. The van der Waals surface area contributed by atoms with E-state index < -0.39 is 0 Å². The molecule has 1 aliphatic heterocycles. The lowest BCUT2D eigenvalue weighted by Crippen LogP contribution is -2.50. The summed E-state index contributed by atoms with van der Waals surface area (Å²) in [7, 11) is 0. The predicted octanol–water partition coefficient (Wildman–Crippen LogP) is 1.21. The molecular formula is C12H17ClN4O2S. The van der Waals surface area contributed by atoms with E-state index in [4.69, 9.17) is 22.5 Å². The molecule has 0 unspecified atom stereocenters. The number of amides is 1. The lowest BCUT2D eigenvalue weighted by atomic mass is 10.2. The number of thiophene rings is 1. The molecule has 1 aromatic heterocycles. The molecule has 1 fully saturated rings. The molecule has 0 atom stereocenters. The summed E-state index contributed by atoms with van der Waals surface area (Å²) >= 11 is 7.52. The fourth-order valence-electron chi connectivity index (χ4n) is 2.09. The molecule has 2 rings (SSSR count). The van der Waals surface area contributed by atoms with Crippen molar-refractivity contribution in [3.05, 3.63) is 20.8 Å². The fourth-order valence-corrected chi connectivity index (χ4v) is 3.33. The van der Waals surface area contributed by atoms with Gasteiger partial charge in [0.05, 0.1) is 11.6 Å². The molecule has 20 heavy (non-hydrogen) atoms. The van der Waals surface area contributed by atoms with Gasteiger partial charge in [-0.1, -0.05) is 16.8 Å². The van der Waals surface area contributed by atoms with Gasteiger partial charge < -0.3 is 15.8 Å². The second kappa shape index (κ2) is 6.43. The van der Waals surface area contributed by atoms with Gasteiger partial charge in [0.2, 0.25) is 0 Å². The smallest absolute Gasteiger partial charge is 0.265 e. The van der Waals surface area contributed by atoms with Crippen molar-refractivity contribution in [1.82, 2.24) is 9.80 Å². The minimum atomic E-state index is -0.0171. The molecule has 1 aromatic rings. The minimum absolute atomic E-state index is 0.0171. The van der Waals surface area contributed by atoms with Gasteiger partial charge in [-0.25, -0.2) is 0 Å². The van der Waals surface area contributed by atoms with Crippen LogP contribution in [-0.4, -0.2) is 59.5 Å². The van der Waals surface area contributed by atoms with Gasteiger partial charge in [-0.3, -0.25) is 9.69 Å². The summed E-state index contributed by atoms with van der Waals surface area (Å²) in [6.07, 6.45) is 0. The van der Waals surface area contributed by atoms with Gasteiger partial charge in [-0.15, -0.1) is 11.3 Å². The SMILES string of the molecule is Cc1csc(C(=O)N2CCN(CC(N)=NO)CC2)c1Cl. The molecule has 1 saturated heterocycles. The Morgan fingerprint density at radius 3 is 2.65 bits per heavy atom. The summed E-state index contributed by atoms with van der Waals surface area (Å²) in [6, 6.07) is 0. The molecule has 1 aliphatic rings. The largest absolute Gasteiger partial charge is 0.409 e. The Balaban J connectivity index is 1.94. The van der Waals surface area contributed by atoms with E-state index in [1.165, 1.54) is 11.3 Å². The van der Waals surface area contributed by atoms with Gasteiger partial charge in [0, 0.05) is 26.2 Å². The summed E-state index contributed by atoms with van der Waals surface area (Å²) in [5, 5.41) is 13.9. The summed E-state index contributed by atoms with van der Waals surface area (Å²) in [6.45, 7) is 4.94. The van der Waals surface area contributed by atoms with Gasteiger partial charge in [0.15, 0.2) is 5.84 Å².